The van der Waals surface area contributed by atoms with E-state index in [1.807, 2.05) is 101 Å². The molecule has 0 unspecified atom stereocenters. The highest BCUT2D eigenvalue weighted by molar-refractivity contribution is 5.93. The third kappa shape index (κ3) is 5.89. The molecule has 1 aromatic heterocycles. The van der Waals surface area contributed by atoms with Crippen molar-refractivity contribution in [2.24, 2.45) is 0 Å². The lowest BCUT2D eigenvalue weighted by Gasteiger charge is -2.45. The van der Waals surface area contributed by atoms with Gasteiger partial charge in [0.1, 0.15) is 17.0 Å². The van der Waals surface area contributed by atoms with Crippen molar-refractivity contribution in [3.05, 3.63) is 114 Å². The van der Waals surface area contributed by atoms with Crippen LogP contribution < -0.4 is 10.6 Å². The number of carbonyl (C=O) groups is 1. The van der Waals surface area contributed by atoms with Crippen LogP contribution in [0.15, 0.2) is 97.2 Å². The molecule has 4 aromatic rings. The Balaban J connectivity index is 1.91. The molecular formula is C33H41N5O2. The Hall–Kier alpha value is -4.10. The summed E-state index contributed by atoms with van der Waals surface area (Å²) in [6.45, 7) is 12.3. The van der Waals surface area contributed by atoms with Gasteiger partial charge >= 0.3 is 6.03 Å². The zero-order valence-electron chi connectivity index (χ0n) is 24.3. The Morgan fingerprint density at radius 2 is 1.20 bits per heavy atom. The van der Waals surface area contributed by atoms with Gasteiger partial charge in [0, 0.05) is 11.1 Å². The van der Waals surface area contributed by atoms with E-state index in [2.05, 4.69) is 52.1 Å². The van der Waals surface area contributed by atoms with E-state index in [1.54, 1.807) is 10.9 Å². The predicted molar refractivity (Wildman–Crippen MR) is 163 cm³/mol. The molecule has 0 aliphatic carbocycles. The number of nitrogens with one attached hydrogen (secondary N) is 2. The predicted octanol–water partition coefficient (Wildman–Crippen LogP) is 6.71. The van der Waals surface area contributed by atoms with E-state index in [1.165, 1.54) is 0 Å². The number of aliphatic hydroxyl groups is 1. The summed E-state index contributed by atoms with van der Waals surface area (Å²) in [5, 5.41) is 21.4. The summed E-state index contributed by atoms with van der Waals surface area (Å²) in [6, 6.07) is 30.5. The van der Waals surface area contributed by atoms with E-state index in [4.69, 9.17) is 0 Å². The quantitative estimate of drug-likeness (QED) is 0.217. The van der Waals surface area contributed by atoms with Gasteiger partial charge in [-0.2, -0.15) is 5.10 Å². The van der Waals surface area contributed by atoms with Crippen LogP contribution in [-0.4, -0.2) is 43.5 Å². The molecule has 2 amide bonds. The summed E-state index contributed by atoms with van der Waals surface area (Å²) in [5.74, 6) is 0.599. The highest BCUT2D eigenvalue weighted by atomic mass is 16.3. The lowest BCUT2D eigenvalue weighted by atomic mass is 9.77. The molecule has 3 aromatic carbocycles. The van der Waals surface area contributed by atoms with Gasteiger partial charge in [-0.15, -0.1) is 0 Å². The van der Waals surface area contributed by atoms with Crippen molar-refractivity contribution in [1.82, 2.24) is 14.7 Å². The van der Waals surface area contributed by atoms with Crippen molar-refractivity contribution in [2.75, 3.05) is 17.2 Å². The molecule has 7 heteroatoms. The van der Waals surface area contributed by atoms with Crippen LogP contribution >= 0.6 is 0 Å². The average molecular weight is 540 g/mol. The largest absolute Gasteiger partial charge is 0.394 e. The first kappa shape index (κ1) is 28.9. The number of anilines is 2. The van der Waals surface area contributed by atoms with Crippen molar-refractivity contribution >= 4 is 17.5 Å². The number of hydrogen-bond acceptors (Lipinski definition) is 4. The summed E-state index contributed by atoms with van der Waals surface area (Å²) in [4.78, 5) is 15.6. The average Bonchev–Trinajstić information content (AvgIpc) is 3.27. The van der Waals surface area contributed by atoms with Gasteiger partial charge in [0.05, 0.1) is 19.3 Å². The maximum Gasteiger partial charge on any atom is 0.322 e. The van der Waals surface area contributed by atoms with E-state index < -0.39 is 16.6 Å². The fourth-order valence-electron chi connectivity index (χ4n) is 5.62. The van der Waals surface area contributed by atoms with Gasteiger partial charge in [0.15, 0.2) is 0 Å². The smallest absolute Gasteiger partial charge is 0.322 e. The summed E-state index contributed by atoms with van der Waals surface area (Å²) < 4.78 is 1.71. The molecule has 0 radical (unpaired) electrons. The molecule has 0 fully saturated rings. The zero-order chi connectivity index (χ0) is 29.0. The van der Waals surface area contributed by atoms with Crippen molar-refractivity contribution in [3.8, 4) is 0 Å². The number of aromatic nitrogens is 2. The molecule has 7 nitrogen and oxygen atoms in total. The van der Waals surface area contributed by atoms with E-state index in [-0.39, 0.29) is 19.2 Å². The number of amides is 2. The third-order valence-corrected chi connectivity index (χ3v) is 6.86. The molecule has 0 saturated carbocycles. The SMILES string of the molecule is CC(C)(C)N(C(=O)Nc1cnn(CCO)c1NC(c1ccccc1)(c1ccccc1)c1ccccc1)C(C)(C)C. The lowest BCUT2D eigenvalue weighted by Crippen LogP contribution is -2.57. The van der Waals surface area contributed by atoms with Crippen LogP contribution in [0.1, 0.15) is 58.2 Å². The minimum Gasteiger partial charge on any atom is -0.394 e. The molecule has 0 saturated heterocycles. The molecule has 0 aliphatic heterocycles. The Morgan fingerprint density at radius 3 is 1.57 bits per heavy atom. The van der Waals surface area contributed by atoms with E-state index >= 15 is 0 Å². The second-order valence-electron chi connectivity index (χ2n) is 11.9. The van der Waals surface area contributed by atoms with Gasteiger partial charge < -0.3 is 20.6 Å². The molecule has 210 valence electrons. The molecule has 0 spiro atoms. The van der Waals surface area contributed by atoms with Gasteiger partial charge in [-0.25, -0.2) is 9.48 Å². The number of hydrogen-bond donors (Lipinski definition) is 3. The minimum absolute atomic E-state index is 0.102. The number of urea groups is 1. The number of aliphatic hydroxyl groups excluding tert-OH is 1. The van der Waals surface area contributed by atoms with Crippen LogP contribution in [0.3, 0.4) is 0 Å². The topological polar surface area (TPSA) is 82.4 Å². The van der Waals surface area contributed by atoms with Gasteiger partial charge in [-0.1, -0.05) is 91.0 Å². The fraction of sp³-hybridized carbons (Fsp3) is 0.333. The van der Waals surface area contributed by atoms with Crippen LogP contribution in [0.25, 0.3) is 0 Å². The molecule has 40 heavy (non-hydrogen) atoms. The van der Waals surface area contributed by atoms with Crippen LogP contribution in [0, 0.1) is 0 Å². The maximum absolute atomic E-state index is 13.8. The van der Waals surface area contributed by atoms with Crippen LogP contribution in [0.2, 0.25) is 0 Å². The van der Waals surface area contributed by atoms with Crippen molar-refractivity contribution in [3.63, 3.8) is 0 Å². The number of nitrogens with zero attached hydrogens (tertiary/aromatic N) is 3. The van der Waals surface area contributed by atoms with E-state index in [0.717, 1.165) is 16.7 Å². The van der Waals surface area contributed by atoms with Gasteiger partial charge in [-0.3, -0.25) is 0 Å². The van der Waals surface area contributed by atoms with Gasteiger partial charge in [0.25, 0.3) is 0 Å². The van der Waals surface area contributed by atoms with Crippen LogP contribution in [-0.2, 0) is 12.1 Å². The van der Waals surface area contributed by atoms with Gasteiger partial charge in [-0.05, 0) is 58.2 Å². The fourth-order valence-corrected chi connectivity index (χ4v) is 5.62. The number of carbonyl (C=O) groups excluding carboxylic acids is 1. The number of rotatable bonds is 8. The molecular weight excluding hydrogens is 498 g/mol. The number of benzene rings is 3. The molecule has 1 heterocycles. The van der Waals surface area contributed by atoms with Crippen LogP contribution in [0.4, 0.5) is 16.3 Å². The van der Waals surface area contributed by atoms with E-state index in [0.29, 0.717) is 11.5 Å². The Labute approximate surface area is 237 Å². The molecule has 4 rings (SSSR count). The first-order valence-corrected chi connectivity index (χ1v) is 13.7. The maximum atomic E-state index is 13.8. The Morgan fingerprint density at radius 1 is 0.775 bits per heavy atom. The summed E-state index contributed by atoms with van der Waals surface area (Å²) in [6.07, 6.45) is 1.64. The zero-order valence-corrected chi connectivity index (χ0v) is 24.3. The molecule has 0 atom stereocenters. The highest BCUT2D eigenvalue weighted by Crippen LogP contribution is 2.41. The third-order valence-electron chi connectivity index (χ3n) is 6.86. The highest BCUT2D eigenvalue weighted by Gasteiger charge is 2.39. The first-order valence-electron chi connectivity index (χ1n) is 13.7. The summed E-state index contributed by atoms with van der Waals surface area (Å²) in [5.41, 5.74) is 1.93. The second-order valence-corrected chi connectivity index (χ2v) is 11.9. The van der Waals surface area contributed by atoms with Crippen molar-refractivity contribution < 1.29 is 9.90 Å². The normalized spacial score (nSPS) is 12.2. The van der Waals surface area contributed by atoms with Crippen molar-refractivity contribution in [2.45, 2.75) is 64.7 Å². The Kier molecular flexibility index (Phi) is 8.35. The summed E-state index contributed by atoms with van der Waals surface area (Å²) in [7, 11) is 0. The minimum atomic E-state index is -0.829. The summed E-state index contributed by atoms with van der Waals surface area (Å²) >= 11 is 0. The van der Waals surface area contributed by atoms with E-state index in [9.17, 15) is 9.90 Å². The molecule has 3 N–H and O–H groups in total. The van der Waals surface area contributed by atoms with Gasteiger partial charge in [0.2, 0.25) is 0 Å². The Bertz CT molecular complexity index is 1280. The van der Waals surface area contributed by atoms with Crippen LogP contribution in [0.5, 0.6) is 0 Å². The second kappa shape index (κ2) is 11.6. The monoisotopic (exact) mass is 539 g/mol. The first-order chi connectivity index (χ1) is 19.0. The van der Waals surface area contributed by atoms with Crippen molar-refractivity contribution in [1.29, 1.82) is 0 Å². The molecule has 0 aliphatic rings. The lowest BCUT2D eigenvalue weighted by molar-refractivity contribution is 0.0828. The standard InChI is InChI=1S/C33H41N5O2/c1-31(2,3)38(32(4,5)6)30(40)35-28-24-34-37(22-23-39)29(28)36-33(25-16-10-7-11-17-25,26-18-12-8-13-19-26)27-20-14-9-15-21-27/h7-21,24,36,39H,22-23H2,1-6H3,(H,35,40). The molecule has 0 bridgehead atoms.